The van der Waals surface area contributed by atoms with Crippen LogP contribution in [-0.2, 0) is 39.2 Å². The lowest BCUT2D eigenvalue weighted by Gasteiger charge is -2.34. The third-order valence-electron chi connectivity index (χ3n) is 7.54. The highest BCUT2D eigenvalue weighted by atomic mass is 35.5. The molecular formula is C36H39Cl2N3O5S. The maximum atomic E-state index is 14.3. The van der Waals surface area contributed by atoms with Gasteiger partial charge in [0.15, 0.2) is 0 Å². The lowest BCUT2D eigenvalue weighted by Crippen LogP contribution is -2.53. The molecule has 47 heavy (non-hydrogen) atoms. The molecule has 0 spiro atoms. The fourth-order valence-electron chi connectivity index (χ4n) is 4.98. The first-order chi connectivity index (χ1) is 22.6. The number of anilines is 1. The average Bonchev–Trinajstić information content (AvgIpc) is 3.06. The predicted molar refractivity (Wildman–Crippen MR) is 188 cm³/mol. The Labute approximate surface area is 287 Å². The predicted octanol–water partition coefficient (Wildman–Crippen LogP) is 6.89. The van der Waals surface area contributed by atoms with Crippen LogP contribution in [-0.4, -0.2) is 50.5 Å². The normalized spacial score (nSPS) is 11.8. The molecule has 0 bridgehead atoms. The van der Waals surface area contributed by atoms with Crippen LogP contribution in [0.15, 0.2) is 103 Å². The van der Waals surface area contributed by atoms with Gasteiger partial charge < -0.3 is 15.0 Å². The van der Waals surface area contributed by atoms with Gasteiger partial charge >= 0.3 is 0 Å². The number of benzene rings is 4. The topological polar surface area (TPSA) is 96.0 Å². The smallest absolute Gasteiger partial charge is 0.244 e. The standard InChI is InChI=1S/C36H39Cl2N3O5S/c1-3-4-22-39-36(43)34(23-27-12-7-5-8-13-27)40(24-31-32(37)16-11-17-33(31)38)35(42)25-41(47(2,44)45)29-18-20-30(21-19-29)46-26-28-14-9-6-10-15-28/h5-21,34H,3-4,22-26H2,1-2H3,(H,39,43). The SMILES string of the molecule is CCCCNC(=O)C(Cc1ccccc1)N(Cc1c(Cl)cccc1Cl)C(=O)CN(c1ccc(OCc2ccccc2)cc1)S(C)(=O)=O. The number of hydrogen-bond donors (Lipinski definition) is 1. The molecule has 0 aromatic heterocycles. The summed E-state index contributed by atoms with van der Waals surface area (Å²) in [5.41, 5.74) is 2.55. The van der Waals surface area contributed by atoms with Crippen molar-refractivity contribution in [3.8, 4) is 5.75 Å². The summed E-state index contributed by atoms with van der Waals surface area (Å²) in [4.78, 5) is 29.5. The highest BCUT2D eigenvalue weighted by molar-refractivity contribution is 7.92. The highest BCUT2D eigenvalue weighted by Gasteiger charge is 2.33. The molecule has 0 aliphatic carbocycles. The molecule has 11 heteroatoms. The number of amides is 2. The Morgan fingerprint density at radius 1 is 0.830 bits per heavy atom. The maximum Gasteiger partial charge on any atom is 0.244 e. The summed E-state index contributed by atoms with van der Waals surface area (Å²) in [5, 5.41) is 3.61. The molecule has 248 valence electrons. The van der Waals surface area contributed by atoms with Crippen LogP contribution >= 0.6 is 23.2 Å². The van der Waals surface area contributed by atoms with E-state index in [4.69, 9.17) is 27.9 Å². The van der Waals surface area contributed by atoms with E-state index in [0.29, 0.717) is 34.5 Å². The van der Waals surface area contributed by atoms with E-state index in [-0.39, 0.29) is 24.6 Å². The second-order valence-corrected chi connectivity index (χ2v) is 13.8. The number of carbonyl (C=O) groups is 2. The van der Waals surface area contributed by atoms with Gasteiger partial charge in [-0.05, 0) is 53.9 Å². The van der Waals surface area contributed by atoms with E-state index in [2.05, 4.69) is 5.32 Å². The summed E-state index contributed by atoms with van der Waals surface area (Å²) < 4.78 is 33.1. The van der Waals surface area contributed by atoms with Gasteiger partial charge in [0.1, 0.15) is 24.9 Å². The van der Waals surface area contributed by atoms with Crippen LogP contribution in [0.3, 0.4) is 0 Å². The van der Waals surface area contributed by atoms with Crippen LogP contribution in [0.5, 0.6) is 5.75 Å². The second-order valence-electron chi connectivity index (χ2n) is 11.1. The minimum Gasteiger partial charge on any atom is -0.489 e. The fraction of sp³-hybridized carbons (Fsp3) is 0.278. The molecule has 1 atom stereocenters. The maximum absolute atomic E-state index is 14.3. The zero-order valence-electron chi connectivity index (χ0n) is 26.4. The lowest BCUT2D eigenvalue weighted by molar-refractivity contribution is -0.140. The van der Waals surface area contributed by atoms with Crippen molar-refractivity contribution in [2.24, 2.45) is 0 Å². The number of nitrogens with zero attached hydrogens (tertiary/aromatic N) is 2. The Balaban J connectivity index is 1.66. The molecule has 0 aliphatic rings. The van der Waals surface area contributed by atoms with Crippen LogP contribution in [0.1, 0.15) is 36.5 Å². The number of sulfonamides is 1. The zero-order valence-corrected chi connectivity index (χ0v) is 28.8. The largest absolute Gasteiger partial charge is 0.489 e. The van der Waals surface area contributed by atoms with Gasteiger partial charge in [0.25, 0.3) is 0 Å². The van der Waals surface area contributed by atoms with Crippen molar-refractivity contribution in [1.82, 2.24) is 10.2 Å². The number of halogens is 2. The van der Waals surface area contributed by atoms with E-state index in [1.165, 1.54) is 4.90 Å². The van der Waals surface area contributed by atoms with Gasteiger partial charge in [0, 0.05) is 35.1 Å². The van der Waals surface area contributed by atoms with E-state index >= 15 is 0 Å². The van der Waals surface area contributed by atoms with Crippen molar-refractivity contribution < 1.29 is 22.7 Å². The zero-order chi connectivity index (χ0) is 33.8. The summed E-state index contributed by atoms with van der Waals surface area (Å²) in [5.74, 6) is -0.411. The fourth-order valence-corrected chi connectivity index (χ4v) is 6.34. The van der Waals surface area contributed by atoms with Crippen molar-refractivity contribution in [2.75, 3.05) is 23.7 Å². The first-order valence-corrected chi connectivity index (χ1v) is 18.0. The number of ether oxygens (including phenoxy) is 1. The van der Waals surface area contributed by atoms with Gasteiger partial charge in [-0.1, -0.05) is 103 Å². The molecule has 0 saturated heterocycles. The number of hydrogen-bond acceptors (Lipinski definition) is 5. The molecule has 0 fully saturated rings. The van der Waals surface area contributed by atoms with Gasteiger partial charge in [-0.25, -0.2) is 8.42 Å². The van der Waals surface area contributed by atoms with Crippen LogP contribution in [0, 0.1) is 0 Å². The van der Waals surface area contributed by atoms with E-state index in [0.717, 1.165) is 34.5 Å². The first-order valence-electron chi connectivity index (χ1n) is 15.3. The van der Waals surface area contributed by atoms with Crippen molar-refractivity contribution in [1.29, 1.82) is 0 Å². The average molecular weight is 697 g/mol. The van der Waals surface area contributed by atoms with E-state index in [9.17, 15) is 18.0 Å². The molecular weight excluding hydrogens is 657 g/mol. The number of carbonyl (C=O) groups excluding carboxylic acids is 2. The molecule has 0 radical (unpaired) electrons. The summed E-state index contributed by atoms with van der Waals surface area (Å²) in [6, 6.07) is 29.5. The third-order valence-corrected chi connectivity index (χ3v) is 9.39. The molecule has 1 N–H and O–H groups in total. The first kappa shape index (κ1) is 35.8. The van der Waals surface area contributed by atoms with E-state index in [1.807, 2.05) is 67.6 Å². The van der Waals surface area contributed by atoms with E-state index in [1.54, 1.807) is 42.5 Å². The minimum absolute atomic E-state index is 0.111. The Kier molecular flexibility index (Phi) is 13.1. The summed E-state index contributed by atoms with van der Waals surface area (Å²) in [6.07, 6.45) is 2.87. The number of unbranched alkanes of at least 4 members (excludes halogenated alkanes) is 1. The molecule has 0 saturated carbocycles. The lowest BCUT2D eigenvalue weighted by atomic mass is 10.0. The van der Waals surface area contributed by atoms with Gasteiger partial charge in [-0.15, -0.1) is 0 Å². The van der Waals surface area contributed by atoms with Gasteiger partial charge in [0.2, 0.25) is 21.8 Å². The molecule has 4 aromatic rings. The summed E-state index contributed by atoms with van der Waals surface area (Å²) in [7, 11) is -3.93. The van der Waals surface area contributed by atoms with E-state index < -0.39 is 28.5 Å². The quantitative estimate of drug-likeness (QED) is 0.129. The Morgan fingerprint density at radius 3 is 2.00 bits per heavy atom. The van der Waals surface area contributed by atoms with Crippen molar-refractivity contribution in [3.63, 3.8) is 0 Å². The van der Waals surface area contributed by atoms with Crippen molar-refractivity contribution >= 4 is 50.7 Å². The Hall–Kier alpha value is -4.05. The second kappa shape index (κ2) is 17.2. The van der Waals surface area contributed by atoms with Crippen LogP contribution < -0.4 is 14.4 Å². The summed E-state index contributed by atoms with van der Waals surface area (Å²) >= 11 is 13.1. The summed E-state index contributed by atoms with van der Waals surface area (Å²) in [6.45, 7) is 2.13. The monoisotopic (exact) mass is 695 g/mol. The number of rotatable bonds is 16. The van der Waals surface area contributed by atoms with Gasteiger partial charge in [0.05, 0.1) is 11.9 Å². The number of nitrogens with one attached hydrogen (secondary N) is 1. The highest BCUT2D eigenvalue weighted by Crippen LogP contribution is 2.28. The van der Waals surface area contributed by atoms with Crippen LogP contribution in [0.4, 0.5) is 5.69 Å². The molecule has 4 rings (SSSR count). The van der Waals surface area contributed by atoms with Gasteiger partial charge in [-0.3, -0.25) is 13.9 Å². The molecule has 8 nitrogen and oxygen atoms in total. The molecule has 0 aliphatic heterocycles. The molecule has 2 amide bonds. The van der Waals surface area contributed by atoms with Crippen LogP contribution in [0.25, 0.3) is 0 Å². The third kappa shape index (κ3) is 10.5. The van der Waals surface area contributed by atoms with Crippen LogP contribution in [0.2, 0.25) is 10.0 Å². The van der Waals surface area contributed by atoms with Gasteiger partial charge in [-0.2, -0.15) is 0 Å². The Morgan fingerprint density at radius 2 is 1.43 bits per heavy atom. The minimum atomic E-state index is -3.93. The molecule has 4 aromatic carbocycles. The molecule has 1 unspecified atom stereocenters. The van der Waals surface area contributed by atoms with Crippen molar-refractivity contribution in [3.05, 3.63) is 130 Å². The van der Waals surface area contributed by atoms with Crippen molar-refractivity contribution in [2.45, 2.75) is 45.4 Å². The molecule has 0 heterocycles. The Bertz CT molecular complexity index is 1700.